The van der Waals surface area contributed by atoms with E-state index in [1.807, 2.05) is 4.90 Å². The number of alkyl halides is 3. The monoisotopic (exact) mass is 1830 g/mol. The lowest BCUT2D eigenvalue weighted by Crippen LogP contribution is -2.60. The number of aryl methyl sites for hydroxylation is 2. The molecule has 0 saturated heterocycles. The van der Waals surface area contributed by atoms with Crippen LogP contribution in [-0.4, -0.2) is 134 Å². The molecule has 27 heteroatoms. The van der Waals surface area contributed by atoms with Crippen LogP contribution in [0.25, 0.3) is 43.1 Å². The number of allylic oxidation sites excluding steroid dienone is 2. The average molecular weight is 1840 g/mol. The molecule has 0 spiro atoms. The number of nitrogens with one attached hydrogen (secondary N) is 2. The highest BCUT2D eigenvalue weighted by Crippen LogP contribution is 2.59. The Labute approximate surface area is 767 Å². The van der Waals surface area contributed by atoms with Crippen LogP contribution in [-0.2, 0) is 54.5 Å². The largest absolute Gasteiger partial charge is 0.457 e. The Morgan fingerprint density at radius 3 is 0.907 bits per heavy atom. The van der Waals surface area contributed by atoms with Gasteiger partial charge in [-0.25, -0.2) is 0 Å². The van der Waals surface area contributed by atoms with E-state index in [4.69, 9.17) is 65.4 Å². The smallest absolute Gasteiger partial charge is 0.391 e. The van der Waals surface area contributed by atoms with E-state index in [0.717, 1.165) is 93.1 Å². The van der Waals surface area contributed by atoms with Crippen LogP contribution < -0.4 is 29.6 Å². The van der Waals surface area contributed by atoms with Gasteiger partial charge in [-0.15, -0.1) is 0 Å². The Kier molecular flexibility index (Phi) is 29.1. The van der Waals surface area contributed by atoms with E-state index in [0.29, 0.717) is 93.1 Å². The van der Waals surface area contributed by atoms with Crippen molar-refractivity contribution in [1.29, 1.82) is 0 Å². The zero-order valence-electron chi connectivity index (χ0n) is 72.1. The van der Waals surface area contributed by atoms with Crippen molar-refractivity contribution < 1.29 is 80.1 Å². The van der Waals surface area contributed by atoms with Gasteiger partial charge in [0.2, 0.25) is 11.8 Å². The highest BCUT2D eigenvalue weighted by molar-refractivity contribution is 6.46. The number of benzene rings is 9. The van der Waals surface area contributed by atoms with Gasteiger partial charge in [0.1, 0.15) is 58.1 Å². The SMILES string of the molecule is C=C(Cl)C(=O)CCCc1ccc(Oc2cc3c4c(cc(Oc5ccc(CCCC(=O)C(=C)Cl)cc5)c5c6c(Oc7ccc(CCNC(=O)C(=C)Cl)cc7)cc7c8c(cc(Oc9ccc(CCNC(=O)C(=C)Cl)cc9)c(c2c45)c86)C(=O)N(C(CC(F)(F)F)C(=O)N(C2CCCCC2)C2CCCCC2)C7=O)C(=O)N(C(CC)C(=O)N(C2CCCCC2)C2CCCCC2)C3=O)cc1. The molecule has 6 aliphatic rings. The zero-order valence-corrected chi connectivity index (χ0v) is 75.1. The minimum atomic E-state index is -5.15. The maximum atomic E-state index is 16.9. The lowest BCUT2D eigenvalue weighted by atomic mass is 9.80. The third-order valence-corrected chi connectivity index (χ3v) is 27.0. The molecular weight excluding hydrogens is 1730 g/mol. The van der Waals surface area contributed by atoms with Crippen LogP contribution in [0, 0.1) is 0 Å². The molecule has 2 unspecified atom stereocenters. The van der Waals surface area contributed by atoms with Crippen LogP contribution in [0.2, 0.25) is 0 Å². The molecule has 0 aromatic heterocycles. The van der Waals surface area contributed by atoms with E-state index in [9.17, 15) is 19.2 Å². The highest BCUT2D eigenvalue weighted by Gasteiger charge is 2.52. The van der Waals surface area contributed by atoms with E-state index in [1.165, 1.54) is 24.3 Å². The summed E-state index contributed by atoms with van der Waals surface area (Å²) in [6, 6.07) is 28.0. The summed E-state index contributed by atoms with van der Waals surface area (Å²) >= 11 is 23.9. The molecule has 0 bridgehead atoms. The Balaban J connectivity index is 1.04. The minimum Gasteiger partial charge on any atom is -0.457 e. The second kappa shape index (κ2) is 40.5. The predicted molar refractivity (Wildman–Crippen MR) is 494 cm³/mol. The fourth-order valence-corrected chi connectivity index (χ4v) is 20.2. The number of halogens is 7. The van der Waals surface area contributed by atoms with Crippen LogP contribution in [0.15, 0.2) is 168 Å². The van der Waals surface area contributed by atoms with Gasteiger partial charge in [0.15, 0.2) is 11.6 Å². The molecule has 674 valence electrons. The number of Topliss-reactive ketones (excluding diaryl/α,β-unsaturated/α-hetero) is 2. The Morgan fingerprint density at radius 1 is 0.388 bits per heavy atom. The molecule has 2 atom stereocenters. The first kappa shape index (κ1) is 92.6. The normalized spacial score (nSPS) is 16.4. The van der Waals surface area contributed by atoms with Gasteiger partial charge in [0.05, 0.1) is 48.8 Å². The van der Waals surface area contributed by atoms with Gasteiger partial charge in [-0.1, -0.05) is 205 Å². The molecule has 9 aromatic carbocycles. The molecule has 2 N–H and O–H groups in total. The molecule has 2 heterocycles. The molecule has 4 fully saturated rings. The first-order valence-electron chi connectivity index (χ1n) is 44.9. The minimum absolute atomic E-state index is 0.000821. The number of imide groups is 2. The first-order chi connectivity index (χ1) is 62.0. The number of hydrogen-bond acceptors (Lipinski definition) is 14. The van der Waals surface area contributed by atoms with Gasteiger partial charge in [-0.2, -0.15) is 13.2 Å². The summed E-state index contributed by atoms with van der Waals surface area (Å²) in [5.41, 5.74) is 2.05. The molecule has 4 saturated carbocycles. The summed E-state index contributed by atoms with van der Waals surface area (Å²) in [6.07, 6.45) is 10.4. The van der Waals surface area contributed by atoms with E-state index >= 15 is 41.9 Å². The second-order valence-electron chi connectivity index (χ2n) is 34.7. The lowest BCUT2D eigenvalue weighted by molar-refractivity contribution is -0.162. The topological polar surface area (TPSA) is 245 Å². The molecule has 15 rings (SSSR count). The van der Waals surface area contributed by atoms with Crippen molar-refractivity contribution >= 4 is 148 Å². The number of hydrogen-bond donors (Lipinski definition) is 2. The zero-order chi connectivity index (χ0) is 91.2. The van der Waals surface area contributed by atoms with Gasteiger partial charge in [0.25, 0.3) is 35.4 Å². The van der Waals surface area contributed by atoms with Gasteiger partial charge in [-0.3, -0.25) is 57.7 Å². The van der Waals surface area contributed by atoms with E-state index < -0.39 is 78.1 Å². The molecule has 129 heavy (non-hydrogen) atoms. The van der Waals surface area contributed by atoms with E-state index in [1.54, 1.807) is 109 Å². The first-order valence-corrected chi connectivity index (χ1v) is 46.5. The highest BCUT2D eigenvalue weighted by atomic mass is 35.5. The Morgan fingerprint density at radius 2 is 0.651 bits per heavy atom. The molecular formula is C102H103Cl4F3N6O14. The molecule has 2 aliphatic heterocycles. The summed E-state index contributed by atoms with van der Waals surface area (Å²) in [6.45, 7) is 16.3. The van der Waals surface area contributed by atoms with Gasteiger partial charge in [-0.05, 0) is 191 Å². The maximum absolute atomic E-state index is 16.9. The predicted octanol–water partition coefficient (Wildman–Crippen LogP) is 23.3. The van der Waals surface area contributed by atoms with E-state index in [2.05, 4.69) is 36.9 Å². The third kappa shape index (κ3) is 20.3. The average Bonchev–Trinajstić information content (AvgIpc) is 0.668. The Bertz CT molecular complexity index is 5600. The number of ether oxygens (including phenoxy) is 4. The van der Waals surface area contributed by atoms with Gasteiger partial charge < -0.3 is 39.4 Å². The number of rotatable bonds is 36. The summed E-state index contributed by atoms with van der Waals surface area (Å²) in [5.74, 6) is -7.38. The summed E-state index contributed by atoms with van der Waals surface area (Å²) in [5, 5.41) is 5.08. The van der Waals surface area contributed by atoms with Crippen LogP contribution in [0.3, 0.4) is 0 Å². The molecule has 8 amide bonds. The second-order valence-corrected chi connectivity index (χ2v) is 36.6. The number of carbonyl (C=O) groups excluding carboxylic acids is 10. The maximum Gasteiger partial charge on any atom is 0.391 e. The fraction of sp³-hybridized carbons (Fsp3) is 0.392. The van der Waals surface area contributed by atoms with Crippen molar-refractivity contribution in [2.24, 2.45) is 0 Å². The summed E-state index contributed by atoms with van der Waals surface area (Å²) in [7, 11) is 0. The quantitative estimate of drug-likeness (QED) is 0.0161. The van der Waals surface area contributed by atoms with Crippen LogP contribution >= 0.6 is 46.4 Å². The van der Waals surface area contributed by atoms with Crippen LogP contribution in [0.1, 0.15) is 238 Å². The van der Waals surface area contributed by atoms with Gasteiger partial charge in [0, 0.05) is 93.2 Å². The summed E-state index contributed by atoms with van der Waals surface area (Å²) in [4.78, 5) is 156. The van der Waals surface area contributed by atoms with Crippen LogP contribution in [0.5, 0.6) is 46.0 Å². The van der Waals surface area contributed by atoms with Crippen molar-refractivity contribution in [3.8, 4) is 46.0 Å². The number of ketones is 2. The standard InChI is InChI=1S/C102H103Cl4F3N6O14/c1-6-78(100(124)112(66-23-11-7-12-24-66)67-25-13-8-14-26-67)114-96(120)74-53-82(126-70-41-33-62(34-42-70)21-19-31-80(116)58(2)103)88-90-84(128-72-45-37-64(38-46-72)49-51-110-94(118)60(4)105)55-76-87-77(99(123)115(98(76)122)79(57-102(107,108)109)101(125)113(68-27-15-9-16-28-68)69-29-17-10-18-30-69)56-85(129-73-47-39-65(40-48-73)50-52-111-95(119)61(5)106)91(93(87)90)89-83(54-75(97(114)121)86(74)92(88)89)127-71-43-35-63(36-44-71)22-20-32-81(117)59(3)104/h33-48,53-56,66-69,78-79H,2-32,49-52,57H2,1H3,(H,110,118)(H,111,119). The van der Waals surface area contributed by atoms with Crippen molar-refractivity contribution in [1.82, 2.24) is 30.2 Å². The van der Waals surface area contributed by atoms with Crippen molar-refractivity contribution in [2.45, 2.75) is 242 Å². The van der Waals surface area contributed by atoms with Crippen molar-refractivity contribution in [3.63, 3.8) is 0 Å². The number of nitrogens with zero attached hydrogens (tertiary/aromatic N) is 4. The molecule has 9 aromatic rings. The lowest BCUT2D eigenvalue weighted by Gasteiger charge is -2.45. The van der Waals surface area contributed by atoms with E-state index in [-0.39, 0.29) is 206 Å². The Hall–Kier alpha value is -11.1. The molecule has 0 radical (unpaired) electrons. The summed E-state index contributed by atoms with van der Waals surface area (Å²) < 4.78 is 77.7. The number of carbonyl (C=O) groups is 10. The number of amides is 8. The number of fused-ring (bicyclic) bond motifs is 2. The van der Waals surface area contributed by atoms with Crippen molar-refractivity contribution in [2.75, 3.05) is 13.1 Å². The molecule has 20 nitrogen and oxygen atoms in total. The van der Waals surface area contributed by atoms with Crippen LogP contribution in [0.4, 0.5) is 13.2 Å². The molecule has 4 aliphatic carbocycles. The van der Waals surface area contributed by atoms with Crippen molar-refractivity contribution in [3.05, 3.63) is 212 Å². The fourth-order valence-electron chi connectivity index (χ4n) is 19.9. The van der Waals surface area contributed by atoms with Gasteiger partial charge >= 0.3 is 6.18 Å². The third-order valence-electron chi connectivity index (χ3n) is 26.2.